The number of nitrogens with two attached hydrogens (primary N) is 1. The van der Waals surface area contributed by atoms with Crippen LogP contribution in [0.2, 0.25) is 0 Å². The standard InChI is InChI=1S/C13H12N4O3/c1-7(18)15-9-4-2-3-8-5-6-10(12(19)11(8)9)16-17-13(14)20/h2-6,19H,1H3,(H2,14,20)(H,15,18). The maximum absolute atomic E-state index is 11.2. The first-order valence-electron chi connectivity index (χ1n) is 5.72. The predicted molar refractivity (Wildman–Crippen MR) is 74.0 cm³/mol. The van der Waals surface area contributed by atoms with Gasteiger partial charge in [-0.1, -0.05) is 23.3 Å². The first kappa shape index (κ1) is 13.5. The molecule has 0 saturated carbocycles. The highest BCUT2D eigenvalue weighted by Crippen LogP contribution is 2.39. The second-order valence-corrected chi connectivity index (χ2v) is 4.06. The quantitative estimate of drug-likeness (QED) is 0.729. The smallest absolute Gasteiger partial charge is 0.356 e. The highest BCUT2D eigenvalue weighted by atomic mass is 16.3. The lowest BCUT2D eigenvalue weighted by Crippen LogP contribution is -2.06. The van der Waals surface area contributed by atoms with Gasteiger partial charge in [0.2, 0.25) is 5.91 Å². The Kier molecular flexibility index (Phi) is 3.60. The van der Waals surface area contributed by atoms with Gasteiger partial charge in [0.05, 0.1) is 5.69 Å². The second kappa shape index (κ2) is 5.35. The summed E-state index contributed by atoms with van der Waals surface area (Å²) in [4.78, 5) is 21.8. The molecule has 0 aliphatic rings. The van der Waals surface area contributed by atoms with Crippen molar-refractivity contribution in [1.82, 2.24) is 0 Å². The molecule has 2 rings (SSSR count). The normalized spacial score (nSPS) is 10.8. The third-order valence-corrected chi connectivity index (χ3v) is 2.56. The minimum absolute atomic E-state index is 0.0918. The lowest BCUT2D eigenvalue weighted by Gasteiger charge is -2.09. The predicted octanol–water partition coefficient (Wildman–Crippen LogP) is 2.67. The zero-order chi connectivity index (χ0) is 14.7. The Labute approximate surface area is 114 Å². The third-order valence-electron chi connectivity index (χ3n) is 2.56. The zero-order valence-corrected chi connectivity index (χ0v) is 10.6. The number of azo groups is 1. The number of nitrogens with zero attached hydrogens (tertiary/aromatic N) is 2. The van der Waals surface area contributed by atoms with E-state index in [9.17, 15) is 14.7 Å². The molecular formula is C13H12N4O3. The van der Waals surface area contributed by atoms with Crippen molar-refractivity contribution in [3.63, 3.8) is 0 Å². The number of phenols is 1. The molecular weight excluding hydrogens is 260 g/mol. The average Bonchev–Trinajstić information content (AvgIpc) is 2.37. The number of benzene rings is 2. The number of nitrogens with one attached hydrogen (secondary N) is 1. The van der Waals surface area contributed by atoms with Crippen molar-refractivity contribution in [1.29, 1.82) is 0 Å². The van der Waals surface area contributed by atoms with Gasteiger partial charge >= 0.3 is 6.03 Å². The molecule has 0 saturated heterocycles. The second-order valence-electron chi connectivity index (χ2n) is 4.06. The Morgan fingerprint density at radius 2 is 2.00 bits per heavy atom. The van der Waals surface area contributed by atoms with Crippen LogP contribution in [0, 0.1) is 0 Å². The van der Waals surface area contributed by atoms with Crippen molar-refractivity contribution in [2.45, 2.75) is 6.92 Å². The maximum atomic E-state index is 11.2. The first-order chi connectivity index (χ1) is 9.49. The van der Waals surface area contributed by atoms with Crippen LogP contribution in [0.5, 0.6) is 5.75 Å². The van der Waals surface area contributed by atoms with Crippen molar-refractivity contribution in [3.8, 4) is 5.75 Å². The monoisotopic (exact) mass is 272 g/mol. The number of amides is 3. The summed E-state index contributed by atoms with van der Waals surface area (Å²) in [6.07, 6.45) is 0. The topological polar surface area (TPSA) is 117 Å². The number of anilines is 1. The van der Waals surface area contributed by atoms with E-state index in [1.54, 1.807) is 24.3 Å². The van der Waals surface area contributed by atoms with Crippen LogP contribution in [0.25, 0.3) is 10.8 Å². The van der Waals surface area contributed by atoms with Crippen LogP contribution in [-0.4, -0.2) is 17.0 Å². The van der Waals surface area contributed by atoms with E-state index in [0.717, 1.165) is 0 Å². The molecule has 0 fully saturated rings. The first-order valence-corrected chi connectivity index (χ1v) is 5.72. The van der Waals surface area contributed by atoms with Crippen LogP contribution in [0.1, 0.15) is 6.92 Å². The lowest BCUT2D eigenvalue weighted by atomic mass is 10.1. The van der Waals surface area contributed by atoms with Gasteiger partial charge < -0.3 is 16.2 Å². The molecule has 0 spiro atoms. The average molecular weight is 272 g/mol. The minimum atomic E-state index is -0.959. The fourth-order valence-corrected chi connectivity index (χ4v) is 1.83. The Morgan fingerprint density at radius 3 is 2.65 bits per heavy atom. The van der Waals surface area contributed by atoms with Gasteiger partial charge in [-0.25, -0.2) is 4.79 Å². The number of carbonyl (C=O) groups is 2. The summed E-state index contributed by atoms with van der Waals surface area (Å²) in [5.41, 5.74) is 5.40. The van der Waals surface area contributed by atoms with E-state index < -0.39 is 6.03 Å². The third kappa shape index (κ3) is 2.72. The van der Waals surface area contributed by atoms with Crippen LogP contribution in [0.15, 0.2) is 40.6 Å². The van der Waals surface area contributed by atoms with Crippen molar-refractivity contribution in [2.24, 2.45) is 16.0 Å². The summed E-state index contributed by atoms with van der Waals surface area (Å²) in [5, 5.41) is 20.7. The van der Waals surface area contributed by atoms with Crippen molar-refractivity contribution >= 4 is 34.1 Å². The summed E-state index contributed by atoms with van der Waals surface area (Å²) < 4.78 is 0. The molecule has 0 bridgehead atoms. The van der Waals surface area contributed by atoms with Gasteiger partial charge in [-0.05, 0) is 17.5 Å². The lowest BCUT2D eigenvalue weighted by molar-refractivity contribution is -0.114. The van der Waals surface area contributed by atoms with E-state index in [0.29, 0.717) is 16.5 Å². The number of carbonyl (C=O) groups excluding carboxylic acids is 2. The highest BCUT2D eigenvalue weighted by Gasteiger charge is 2.11. The van der Waals surface area contributed by atoms with E-state index in [2.05, 4.69) is 15.5 Å². The van der Waals surface area contributed by atoms with Crippen molar-refractivity contribution < 1.29 is 14.7 Å². The van der Waals surface area contributed by atoms with Gasteiger partial charge in [-0.15, -0.1) is 5.11 Å². The summed E-state index contributed by atoms with van der Waals surface area (Å²) >= 11 is 0. The van der Waals surface area contributed by atoms with Crippen LogP contribution >= 0.6 is 0 Å². The molecule has 0 unspecified atom stereocenters. The van der Waals surface area contributed by atoms with Crippen LogP contribution < -0.4 is 11.1 Å². The molecule has 7 nitrogen and oxygen atoms in total. The molecule has 20 heavy (non-hydrogen) atoms. The van der Waals surface area contributed by atoms with Gasteiger partial charge in [-0.3, -0.25) is 4.79 Å². The Hall–Kier alpha value is -2.96. The Bertz CT molecular complexity index is 725. The number of phenolic OH excluding ortho intramolecular Hbond substituents is 1. The Balaban J connectivity index is 2.63. The van der Waals surface area contributed by atoms with Crippen LogP contribution in [-0.2, 0) is 4.79 Å². The van der Waals surface area contributed by atoms with Crippen LogP contribution in [0.4, 0.5) is 16.2 Å². The number of rotatable bonds is 2. The molecule has 0 heterocycles. The zero-order valence-electron chi connectivity index (χ0n) is 10.6. The number of aromatic hydroxyl groups is 1. The number of hydrogen-bond acceptors (Lipinski definition) is 4. The highest BCUT2D eigenvalue weighted by molar-refractivity contribution is 6.06. The Morgan fingerprint density at radius 1 is 1.25 bits per heavy atom. The molecule has 2 aromatic carbocycles. The molecule has 0 aliphatic heterocycles. The summed E-state index contributed by atoms with van der Waals surface area (Å²) in [6, 6.07) is 7.41. The number of fused-ring (bicyclic) bond motifs is 1. The number of primary amides is 1. The maximum Gasteiger partial charge on any atom is 0.356 e. The van der Waals surface area contributed by atoms with E-state index in [-0.39, 0.29) is 17.3 Å². The van der Waals surface area contributed by atoms with E-state index >= 15 is 0 Å². The molecule has 3 amide bonds. The van der Waals surface area contributed by atoms with Gasteiger partial charge in [0.15, 0.2) is 5.75 Å². The fourth-order valence-electron chi connectivity index (χ4n) is 1.83. The molecule has 7 heteroatoms. The fraction of sp³-hybridized carbons (Fsp3) is 0.0769. The molecule has 2 aromatic rings. The van der Waals surface area contributed by atoms with Gasteiger partial charge in [0.25, 0.3) is 0 Å². The molecule has 102 valence electrons. The molecule has 4 N–H and O–H groups in total. The van der Waals surface area contributed by atoms with Gasteiger partial charge in [-0.2, -0.15) is 0 Å². The SMILES string of the molecule is CC(=O)Nc1cccc2ccc(N=NC(N)=O)c(O)c12. The minimum Gasteiger partial charge on any atom is -0.505 e. The molecule has 0 radical (unpaired) electrons. The van der Waals surface area contributed by atoms with Gasteiger partial charge in [0.1, 0.15) is 5.69 Å². The van der Waals surface area contributed by atoms with E-state index in [1.165, 1.54) is 13.0 Å². The van der Waals surface area contributed by atoms with Crippen molar-refractivity contribution in [3.05, 3.63) is 30.3 Å². The molecule has 0 aliphatic carbocycles. The molecule has 0 aromatic heterocycles. The summed E-state index contributed by atoms with van der Waals surface area (Å²) in [6.45, 7) is 1.37. The van der Waals surface area contributed by atoms with Crippen molar-refractivity contribution in [2.75, 3.05) is 5.32 Å². The largest absolute Gasteiger partial charge is 0.505 e. The van der Waals surface area contributed by atoms with Crippen LogP contribution in [0.3, 0.4) is 0 Å². The van der Waals surface area contributed by atoms with Gasteiger partial charge in [0, 0.05) is 12.3 Å². The number of hydrogen-bond donors (Lipinski definition) is 3. The summed E-state index contributed by atoms with van der Waals surface area (Å²) in [5.74, 6) is -0.446. The van der Waals surface area contributed by atoms with E-state index in [1.807, 2.05) is 0 Å². The molecule has 0 atom stereocenters. The summed E-state index contributed by atoms with van der Waals surface area (Å²) in [7, 11) is 0. The number of urea groups is 1. The van der Waals surface area contributed by atoms with E-state index in [4.69, 9.17) is 5.73 Å².